The largest absolute Gasteiger partial charge is 0.302 e. The first-order valence-corrected chi connectivity index (χ1v) is 8.08. The molecule has 0 radical (unpaired) electrons. The minimum Gasteiger partial charge on any atom is -0.302 e. The van der Waals surface area contributed by atoms with E-state index < -0.39 is 0 Å². The van der Waals surface area contributed by atoms with Gasteiger partial charge in [-0.1, -0.05) is 42.5 Å². The zero-order chi connectivity index (χ0) is 14.8. The molecule has 0 bridgehead atoms. The maximum absolute atomic E-state index is 4.17. The first-order chi connectivity index (χ1) is 10.9. The van der Waals surface area contributed by atoms with Gasteiger partial charge in [0.15, 0.2) is 0 Å². The first-order valence-electron chi connectivity index (χ1n) is 8.08. The number of benzene rings is 2. The monoisotopic (exact) mass is 291 g/mol. The quantitative estimate of drug-likeness (QED) is 0.779. The van der Waals surface area contributed by atoms with Crippen molar-refractivity contribution in [3.8, 4) is 0 Å². The molecule has 0 saturated carbocycles. The summed E-state index contributed by atoms with van der Waals surface area (Å²) in [7, 11) is 0. The molecular weight excluding hydrogens is 270 g/mol. The van der Waals surface area contributed by atoms with E-state index >= 15 is 0 Å². The summed E-state index contributed by atoms with van der Waals surface area (Å²) in [5.74, 6) is 0.665. The van der Waals surface area contributed by atoms with Crippen LogP contribution in [0, 0.1) is 0 Å². The predicted molar refractivity (Wildman–Crippen MR) is 90.0 cm³/mol. The number of H-pyrrole nitrogens is 1. The number of hydrogen-bond donors (Lipinski definition) is 1. The molecule has 0 unspecified atom stereocenters. The van der Waals surface area contributed by atoms with Crippen LogP contribution >= 0.6 is 0 Å². The highest BCUT2D eigenvalue weighted by Crippen LogP contribution is 2.31. The second-order valence-corrected chi connectivity index (χ2v) is 6.22. The highest BCUT2D eigenvalue weighted by molar-refractivity contribution is 5.82. The van der Waals surface area contributed by atoms with Gasteiger partial charge in [0, 0.05) is 24.4 Å². The fourth-order valence-corrected chi connectivity index (χ4v) is 3.45. The molecule has 1 fully saturated rings. The molecule has 112 valence electrons. The molecule has 1 aliphatic heterocycles. The highest BCUT2D eigenvalue weighted by Gasteiger charge is 2.28. The number of aryl methyl sites for hydroxylation is 1. The molecular formula is C19H21N3. The van der Waals surface area contributed by atoms with Crippen molar-refractivity contribution in [3.05, 3.63) is 65.9 Å². The Morgan fingerprint density at radius 1 is 1.05 bits per heavy atom. The summed E-state index contributed by atoms with van der Waals surface area (Å²) in [5, 5.41) is 8.52. The molecule has 0 aliphatic carbocycles. The van der Waals surface area contributed by atoms with Gasteiger partial charge >= 0.3 is 0 Å². The van der Waals surface area contributed by atoms with Crippen molar-refractivity contribution in [3.63, 3.8) is 0 Å². The average molecular weight is 291 g/mol. The Labute approximate surface area is 131 Å². The van der Waals surface area contributed by atoms with Crippen LogP contribution in [0.2, 0.25) is 0 Å². The second kappa shape index (κ2) is 5.93. The summed E-state index contributed by atoms with van der Waals surface area (Å²) in [6.07, 6.45) is 4.38. The van der Waals surface area contributed by atoms with E-state index in [1.54, 1.807) is 0 Å². The summed E-state index contributed by atoms with van der Waals surface area (Å²) in [4.78, 5) is 2.56. The van der Waals surface area contributed by atoms with Crippen LogP contribution in [0.4, 0.5) is 0 Å². The normalized spacial score (nSPS) is 16.0. The first kappa shape index (κ1) is 13.5. The molecule has 4 rings (SSSR count). The lowest BCUT2D eigenvalue weighted by Crippen LogP contribution is -2.45. The van der Waals surface area contributed by atoms with Gasteiger partial charge in [0.05, 0.1) is 11.7 Å². The van der Waals surface area contributed by atoms with Gasteiger partial charge in [-0.05, 0) is 36.6 Å². The van der Waals surface area contributed by atoms with Crippen LogP contribution in [0.3, 0.4) is 0 Å². The average Bonchev–Trinajstić information content (AvgIpc) is 2.99. The van der Waals surface area contributed by atoms with Crippen LogP contribution in [0.25, 0.3) is 10.9 Å². The van der Waals surface area contributed by atoms with E-state index in [0.717, 1.165) is 5.52 Å². The molecule has 1 N–H and O–H groups in total. The number of aromatic nitrogens is 2. The molecule has 1 aromatic heterocycles. The van der Waals surface area contributed by atoms with Gasteiger partial charge in [-0.25, -0.2) is 0 Å². The smallest absolute Gasteiger partial charge is 0.0653 e. The lowest BCUT2D eigenvalue weighted by Gasteiger charge is -2.40. The maximum atomic E-state index is 4.17. The Bertz CT molecular complexity index is 741. The molecule has 2 aromatic carbocycles. The standard InChI is InChI=1S/C19H21N3/c1-2-6-15(7-3-1)8-5-11-22-13-16(14-22)17-9-4-10-19-18(17)12-20-21-19/h1-4,6-7,9-10,12,16H,5,8,11,13-14H2,(H,20,21). The number of aromatic amines is 1. The van der Waals surface area contributed by atoms with Crippen LogP contribution < -0.4 is 0 Å². The Morgan fingerprint density at radius 3 is 2.77 bits per heavy atom. The molecule has 0 spiro atoms. The molecule has 0 amide bonds. The number of rotatable bonds is 5. The fourth-order valence-electron chi connectivity index (χ4n) is 3.45. The SMILES string of the molecule is c1ccc(CCCN2CC(c3cccc4[nH]ncc34)C2)cc1. The van der Waals surface area contributed by atoms with E-state index in [-0.39, 0.29) is 0 Å². The van der Waals surface area contributed by atoms with E-state index in [1.807, 2.05) is 6.20 Å². The third-order valence-corrected chi connectivity index (χ3v) is 4.70. The topological polar surface area (TPSA) is 31.9 Å². The summed E-state index contributed by atoms with van der Waals surface area (Å²) in [6.45, 7) is 3.56. The van der Waals surface area contributed by atoms with E-state index in [1.165, 1.54) is 49.0 Å². The van der Waals surface area contributed by atoms with Crippen molar-refractivity contribution < 1.29 is 0 Å². The van der Waals surface area contributed by atoms with Gasteiger partial charge < -0.3 is 4.90 Å². The third kappa shape index (κ3) is 2.64. The highest BCUT2D eigenvalue weighted by atomic mass is 15.2. The molecule has 1 aliphatic rings. The van der Waals surface area contributed by atoms with Crippen molar-refractivity contribution >= 4 is 10.9 Å². The molecule has 2 heterocycles. The molecule has 1 saturated heterocycles. The van der Waals surface area contributed by atoms with E-state index in [2.05, 4.69) is 63.6 Å². The van der Waals surface area contributed by atoms with Crippen molar-refractivity contribution in [1.82, 2.24) is 15.1 Å². The Kier molecular flexibility index (Phi) is 3.65. The van der Waals surface area contributed by atoms with Gasteiger partial charge in [0.1, 0.15) is 0 Å². The van der Waals surface area contributed by atoms with Gasteiger partial charge in [-0.2, -0.15) is 5.10 Å². The Morgan fingerprint density at radius 2 is 1.91 bits per heavy atom. The lowest BCUT2D eigenvalue weighted by molar-refractivity contribution is 0.147. The fraction of sp³-hybridized carbons (Fsp3) is 0.316. The summed E-state index contributed by atoms with van der Waals surface area (Å²) >= 11 is 0. The number of likely N-dealkylation sites (tertiary alicyclic amines) is 1. The van der Waals surface area contributed by atoms with Crippen LogP contribution in [0.1, 0.15) is 23.5 Å². The van der Waals surface area contributed by atoms with E-state index in [9.17, 15) is 0 Å². The molecule has 3 heteroatoms. The maximum Gasteiger partial charge on any atom is 0.0653 e. The predicted octanol–water partition coefficient (Wildman–Crippen LogP) is 3.59. The van der Waals surface area contributed by atoms with Crippen molar-refractivity contribution in [1.29, 1.82) is 0 Å². The van der Waals surface area contributed by atoms with Crippen molar-refractivity contribution in [2.45, 2.75) is 18.8 Å². The number of fused-ring (bicyclic) bond motifs is 1. The summed E-state index contributed by atoms with van der Waals surface area (Å²) in [6, 6.07) is 17.3. The zero-order valence-corrected chi connectivity index (χ0v) is 12.7. The molecule has 3 nitrogen and oxygen atoms in total. The number of nitrogens with one attached hydrogen (secondary N) is 1. The minimum absolute atomic E-state index is 0.665. The Balaban J connectivity index is 1.30. The van der Waals surface area contributed by atoms with Crippen LogP contribution in [0.5, 0.6) is 0 Å². The molecule has 3 aromatic rings. The van der Waals surface area contributed by atoms with Crippen LogP contribution in [-0.4, -0.2) is 34.7 Å². The molecule has 0 atom stereocenters. The number of hydrogen-bond acceptors (Lipinski definition) is 2. The van der Waals surface area contributed by atoms with Gasteiger partial charge in [0.25, 0.3) is 0 Å². The van der Waals surface area contributed by atoms with E-state index in [4.69, 9.17) is 0 Å². The van der Waals surface area contributed by atoms with Gasteiger partial charge in [-0.15, -0.1) is 0 Å². The third-order valence-electron chi connectivity index (χ3n) is 4.70. The number of nitrogens with zero attached hydrogens (tertiary/aromatic N) is 2. The zero-order valence-electron chi connectivity index (χ0n) is 12.7. The Hall–Kier alpha value is -2.13. The van der Waals surface area contributed by atoms with Gasteiger partial charge in [-0.3, -0.25) is 5.10 Å². The minimum atomic E-state index is 0.665. The van der Waals surface area contributed by atoms with Crippen molar-refractivity contribution in [2.75, 3.05) is 19.6 Å². The molecule has 22 heavy (non-hydrogen) atoms. The van der Waals surface area contributed by atoms with E-state index in [0.29, 0.717) is 5.92 Å². The van der Waals surface area contributed by atoms with Crippen LogP contribution in [0.15, 0.2) is 54.7 Å². The van der Waals surface area contributed by atoms with Crippen LogP contribution in [-0.2, 0) is 6.42 Å². The summed E-state index contributed by atoms with van der Waals surface area (Å²) < 4.78 is 0. The summed E-state index contributed by atoms with van der Waals surface area (Å²) in [5.41, 5.74) is 4.05. The lowest BCUT2D eigenvalue weighted by atomic mass is 9.89. The second-order valence-electron chi connectivity index (χ2n) is 6.22. The van der Waals surface area contributed by atoms with Gasteiger partial charge in [0.2, 0.25) is 0 Å². The van der Waals surface area contributed by atoms with Crippen molar-refractivity contribution in [2.24, 2.45) is 0 Å².